The Morgan fingerprint density at radius 2 is 1.85 bits per heavy atom. The van der Waals surface area contributed by atoms with Crippen LogP contribution in [0.4, 0.5) is 0 Å². The van der Waals surface area contributed by atoms with Crippen LogP contribution in [0.2, 0.25) is 0 Å². The Morgan fingerprint density at radius 3 is 2.23 bits per heavy atom. The van der Waals surface area contributed by atoms with E-state index in [0.717, 1.165) is 0 Å². The Kier molecular flexibility index (Phi) is 5.11. The van der Waals surface area contributed by atoms with Crippen molar-refractivity contribution in [3.05, 3.63) is 0 Å². The minimum Gasteiger partial charge on any atom is -0.459 e. The number of ether oxygens (including phenoxy) is 1. The molecule has 76 valence electrons. The molecule has 0 radical (unpaired) electrons. The van der Waals surface area contributed by atoms with Crippen LogP contribution in [0, 0.1) is 5.92 Å². The van der Waals surface area contributed by atoms with E-state index >= 15 is 0 Å². The zero-order chi connectivity index (χ0) is 10.4. The highest BCUT2D eigenvalue weighted by molar-refractivity contribution is 6.32. The third kappa shape index (κ3) is 4.50. The fraction of sp³-hybridized carbons (Fsp3) is 0.778. The highest BCUT2D eigenvalue weighted by Gasteiger charge is 2.18. The van der Waals surface area contributed by atoms with Crippen LogP contribution in [-0.2, 0) is 14.3 Å². The lowest BCUT2D eigenvalue weighted by atomic mass is 10.1. The topological polar surface area (TPSA) is 55.4 Å². The van der Waals surface area contributed by atoms with Crippen molar-refractivity contribution in [3.8, 4) is 0 Å². The fourth-order valence-corrected chi connectivity index (χ4v) is 0.629. The van der Waals surface area contributed by atoms with E-state index in [-0.39, 0.29) is 12.6 Å². The molecule has 0 rings (SSSR count). The summed E-state index contributed by atoms with van der Waals surface area (Å²) < 4.78 is 4.53. The minimum absolute atomic E-state index is 0.0168. The molecule has 0 aliphatic heterocycles. The van der Waals surface area contributed by atoms with Gasteiger partial charge in [0.05, 0.1) is 6.61 Å². The van der Waals surface area contributed by atoms with Gasteiger partial charge >= 0.3 is 11.9 Å². The molecule has 1 N–H and O–H groups in total. The van der Waals surface area contributed by atoms with Crippen molar-refractivity contribution in [2.24, 2.45) is 5.92 Å². The SMILES string of the molecule is CCOC(=O)C(=O)NC(C)C(C)C. The Bertz CT molecular complexity index is 189. The van der Waals surface area contributed by atoms with Crippen molar-refractivity contribution in [2.45, 2.75) is 33.7 Å². The molecule has 1 amide bonds. The second-order valence-electron chi connectivity index (χ2n) is 3.23. The van der Waals surface area contributed by atoms with E-state index in [1.165, 1.54) is 0 Å². The average molecular weight is 187 g/mol. The maximum Gasteiger partial charge on any atom is 0.396 e. The molecule has 0 saturated heterocycles. The number of amides is 1. The predicted octanol–water partition coefficient (Wildman–Crippen LogP) is 0.710. The van der Waals surface area contributed by atoms with E-state index in [4.69, 9.17) is 0 Å². The van der Waals surface area contributed by atoms with Crippen molar-refractivity contribution in [1.82, 2.24) is 5.32 Å². The Hall–Kier alpha value is -1.06. The summed E-state index contributed by atoms with van der Waals surface area (Å²) in [5, 5.41) is 2.55. The molecule has 0 aromatic rings. The van der Waals surface area contributed by atoms with Crippen LogP contribution in [-0.4, -0.2) is 24.5 Å². The summed E-state index contributed by atoms with van der Waals surface area (Å²) >= 11 is 0. The van der Waals surface area contributed by atoms with Gasteiger partial charge in [-0.15, -0.1) is 0 Å². The molecule has 4 nitrogen and oxygen atoms in total. The minimum atomic E-state index is -0.810. The van der Waals surface area contributed by atoms with Crippen LogP contribution in [0.25, 0.3) is 0 Å². The molecule has 0 aromatic heterocycles. The zero-order valence-corrected chi connectivity index (χ0v) is 8.59. The van der Waals surface area contributed by atoms with Gasteiger partial charge in [0.25, 0.3) is 0 Å². The third-order valence-electron chi connectivity index (χ3n) is 1.82. The lowest BCUT2D eigenvalue weighted by Gasteiger charge is -2.16. The van der Waals surface area contributed by atoms with E-state index in [2.05, 4.69) is 10.1 Å². The van der Waals surface area contributed by atoms with Crippen molar-refractivity contribution in [2.75, 3.05) is 6.61 Å². The maximum absolute atomic E-state index is 11.1. The number of hydrogen-bond donors (Lipinski definition) is 1. The molecule has 0 heterocycles. The second kappa shape index (κ2) is 5.56. The standard InChI is InChI=1S/C9H17NO3/c1-5-13-9(12)8(11)10-7(4)6(2)3/h6-7H,5H2,1-4H3,(H,10,11). The summed E-state index contributed by atoms with van der Waals surface area (Å²) in [5.41, 5.74) is 0. The average Bonchev–Trinajstić information content (AvgIpc) is 2.04. The predicted molar refractivity (Wildman–Crippen MR) is 49.1 cm³/mol. The van der Waals surface area contributed by atoms with Crippen LogP contribution >= 0.6 is 0 Å². The molecule has 1 unspecified atom stereocenters. The van der Waals surface area contributed by atoms with Gasteiger partial charge in [0.15, 0.2) is 0 Å². The van der Waals surface area contributed by atoms with Crippen LogP contribution in [0.1, 0.15) is 27.7 Å². The maximum atomic E-state index is 11.1. The van der Waals surface area contributed by atoms with Crippen molar-refractivity contribution in [1.29, 1.82) is 0 Å². The van der Waals surface area contributed by atoms with E-state index in [0.29, 0.717) is 5.92 Å². The van der Waals surface area contributed by atoms with Gasteiger partial charge in [-0.05, 0) is 19.8 Å². The molecule has 4 heteroatoms. The summed E-state index contributed by atoms with van der Waals surface area (Å²) in [6.07, 6.45) is 0. The Balaban J connectivity index is 3.93. The third-order valence-corrected chi connectivity index (χ3v) is 1.82. The zero-order valence-electron chi connectivity index (χ0n) is 8.59. The largest absolute Gasteiger partial charge is 0.459 e. The first-order valence-electron chi connectivity index (χ1n) is 4.46. The van der Waals surface area contributed by atoms with Gasteiger partial charge in [-0.2, -0.15) is 0 Å². The quantitative estimate of drug-likeness (QED) is 0.523. The van der Waals surface area contributed by atoms with Gasteiger partial charge < -0.3 is 10.1 Å². The summed E-state index contributed by atoms with van der Waals surface area (Å²) in [6.45, 7) is 7.67. The number of nitrogens with one attached hydrogen (secondary N) is 1. The first-order chi connectivity index (χ1) is 5.99. The monoisotopic (exact) mass is 187 g/mol. The Morgan fingerprint density at radius 1 is 1.31 bits per heavy atom. The number of hydrogen-bond acceptors (Lipinski definition) is 3. The van der Waals surface area contributed by atoms with Gasteiger partial charge in [0, 0.05) is 6.04 Å². The van der Waals surface area contributed by atoms with Gasteiger partial charge in [-0.25, -0.2) is 4.79 Å². The second-order valence-corrected chi connectivity index (χ2v) is 3.23. The first-order valence-corrected chi connectivity index (χ1v) is 4.46. The Labute approximate surface area is 78.6 Å². The van der Waals surface area contributed by atoms with Gasteiger partial charge in [0.1, 0.15) is 0 Å². The van der Waals surface area contributed by atoms with Crippen LogP contribution < -0.4 is 5.32 Å². The molecule has 0 bridgehead atoms. The molecule has 13 heavy (non-hydrogen) atoms. The van der Waals surface area contributed by atoms with Gasteiger partial charge in [0.2, 0.25) is 0 Å². The highest BCUT2D eigenvalue weighted by atomic mass is 16.5. The van der Waals surface area contributed by atoms with Crippen LogP contribution in [0.15, 0.2) is 0 Å². The van der Waals surface area contributed by atoms with Crippen LogP contribution in [0.3, 0.4) is 0 Å². The number of carbonyl (C=O) groups is 2. The molecular weight excluding hydrogens is 170 g/mol. The number of carbonyl (C=O) groups excluding carboxylic acids is 2. The lowest BCUT2D eigenvalue weighted by Crippen LogP contribution is -2.41. The first kappa shape index (κ1) is 11.9. The molecule has 0 spiro atoms. The highest BCUT2D eigenvalue weighted by Crippen LogP contribution is 1.99. The molecule has 0 aliphatic carbocycles. The smallest absolute Gasteiger partial charge is 0.396 e. The van der Waals surface area contributed by atoms with Gasteiger partial charge in [-0.3, -0.25) is 4.79 Å². The molecule has 0 saturated carbocycles. The fourth-order valence-electron chi connectivity index (χ4n) is 0.629. The molecule has 0 fully saturated rings. The number of esters is 1. The van der Waals surface area contributed by atoms with E-state index < -0.39 is 11.9 Å². The molecular formula is C9H17NO3. The van der Waals surface area contributed by atoms with E-state index in [9.17, 15) is 9.59 Å². The summed E-state index contributed by atoms with van der Waals surface area (Å²) in [6, 6.07) is -0.0168. The van der Waals surface area contributed by atoms with Crippen molar-refractivity contribution in [3.63, 3.8) is 0 Å². The summed E-state index contributed by atoms with van der Waals surface area (Å²) in [7, 11) is 0. The van der Waals surface area contributed by atoms with Gasteiger partial charge in [-0.1, -0.05) is 13.8 Å². The summed E-state index contributed by atoms with van der Waals surface area (Å²) in [4.78, 5) is 21.9. The van der Waals surface area contributed by atoms with E-state index in [1.54, 1.807) is 6.92 Å². The van der Waals surface area contributed by atoms with Crippen molar-refractivity contribution >= 4 is 11.9 Å². The molecule has 0 aliphatic rings. The van der Waals surface area contributed by atoms with Crippen LogP contribution in [0.5, 0.6) is 0 Å². The van der Waals surface area contributed by atoms with Crippen molar-refractivity contribution < 1.29 is 14.3 Å². The lowest BCUT2D eigenvalue weighted by molar-refractivity contribution is -0.154. The molecule has 1 atom stereocenters. The summed E-state index contributed by atoms with van der Waals surface area (Å²) in [5.74, 6) is -1.17. The molecule has 0 aromatic carbocycles. The number of rotatable bonds is 3. The normalized spacial score (nSPS) is 12.4. The van der Waals surface area contributed by atoms with E-state index in [1.807, 2.05) is 20.8 Å².